The summed E-state index contributed by atoms with van der Waals surface area (Å²) in [7, 11) is 0. The first-order chi connectivity index (χ1) is 10.5. The average molecular weight is 305 g/mol. The number of amides is 2. The zero-order valence-corrected chi connectivity index (χ0v) is 12.8. The van der Waals surface area contributed by atoms with Crippen LogP contribution in [-0.2, 0) is 14.3 Å². The van der Waals surface area contributed by atoms with E-state index < -0.39 is 12.0 Å². The van der Waals surface area contributed by atoms with Gasteiger partial charge in [-0.25, -0.2) is 0 Å². The predicted molar refractivity (Wildman–Crippen MR) is 84.3 cm³/mol. The van der Waals surface area contributed by atoms with Gasteiger partial charge in [-0.15, -0.1) is 0 Å². The Balaban J connectivity index is 2.16. The SMILES string of the molecule is Cc1cccc(N(CCC(N)=O)C(=O)[C@@H]2CC[C@H](CN)O2)c1. The molecule has 0 bridgehead atoms. The van der Waals surface area contributed by atoms with Gasteiger partial charge in [-0.2, -0.15) is 0 Å². The Hall–Kier alpha value is -1.92. The van der Waals surface area contributed by atoms with Crippen molar-refractivity contribution in [3.63, 3.8) is 0 Å². The van der Waals surface area contributed by atoms with Crippen LogP contribution in [0.1, 0.15) is 24.8 Å². The summed E-state index contributed by atoms with van der Waals surface area (Å²) in [5.41, 5.74) is 12.6. The summed E-state index contributed by atoms with van der Waals surface area (Å²) in [6.07, 6.45) is 0.989. The summed E-state index contributed by atoms with van der Waals surface area (Å²) < 4.78 is 5.68. The molecule has 1 aliphatic heterocycles. The third-order valence-electron chi connectivity index (χ3n) is 3.81. The highest BCUT2D eigenvalue weighted by Gasteiger charge is 2.33. The van der Waals surface area contributed by atoms with Gasteiger partial charge >= 0.3 is 0 Å². The zero-order chi connectivity index (χ0) is 16.1. The number of aryl methyl sites for hydroxylation is 1. The van der Waals surface area contributed by atoms with E-state index in [4.69, 9.17) is 16.2 Å². The van der Waals surface area contributed by atoms with E-state index in [1.54, 1.807) is 4.90 Å². The zero-order valence-electron chi connectivity index (χ0n) is 12.8. The van der Waals surface area contributed by atoms with E-state index in [0.29, 0.717) is 13.0 Å². The van der Waals surface area contributed by atoms with Crippen molar-refractivity contribution >= 4 is 17.5 Å². The summed E-state index contributed by atoms with van der Waals surface area (Å²) in [5, 5.41) is 0. The number of hydrogen-bond donors (Lipinski definition) is 2. The van der Waals surface area contributed by atoms with Gasteiger partial charge in [0.05, 0.1) is 6.10 Å². The fourth-order valence-corrected chi connectivity index (χ4v) is 2.62. The molecule has 2 amide bonds. The maximum absolute atomic E-state index is 12.7. The summed E-state index contributed by atoms with van der Waals surface area (Å²) in [6.45, 7) is 2.62. The summed E-state index contributed by atoms with van der Waals surface area (Å²) >= 11 is 0. The molecular formula is C16H23N3O3. The summed E-state index contributed by atoms with van der Waals surface area (Å²) in [4.78, 5) is 25.4. The van der Waals surface area contributed by atoms with E-state index in [1.807, 2.05) is 31.2 Å². The molecule has 1 heterocycles. The van der Waals surface area contributed by atoms with Crippen LogP contribution in [0.2, 0.25) is 0 Å². The van der Waals surface area contributed by atoms with Crippen LogP contribution in [0.5, 0.6) is 0 Å². The lowest BCUT2D eigenvalue weighted by molar-refractivity contribution is -0.129. The number of primary amides is 1. The molecule has 1 aromatic rings. The molecule has 0 aliphatic carbocycles. The average Bonchev–Trinajstić information content (AvgIpc) is 2.96. The third-order valence-corrected chi connectivity index (χ3v) is 3.81. The molecule has 2 rings (SSSR count). The van der Waals surface area contributed by atoms with Gasteiger partial charge in [0.2, 0.25) is 5.91 Å². The van der Waals surface area contributed by atoms with Crippen LogP contribution in [-0.4, -0.2) is 37.1 Å². The minimum absolute atomic E-state index is 0.0653. The highest BCUT2D eigenvalue weighted by Crippen LogP contribution is 2.24. The molecule has 0 aromatic heterocycles. The number of nitrogens with two attached hydrogens (primary N) is 2. The second kappa shape index (κ2) is 7.38. The molecule has 120 valence electrons. The largest absolute Gasteiger partial charge is 0.370 e. The molecule has 1 saturated heterocycles. The van der Waals surface area contributed by atoms with E-state index in [-0.39, 0.29) is 25.0 Å². The monoisotopic (exact) mass is 305 g/mol. The molecule has 0 unspecified atom stereocenters. The number of carbonyl (C=O) groups is 2. The summed E-state index contributed by atoms with van der Waals surface area (Å²) in [6, 6.07) is 7.60. The van der Waals surface area contributed by atoms with Crippen LogP contribution in [0.4, 0.5) is 5.69 Å². The Kier molecular flexibility index (Phi) is 5.51. The molecule has 1 aromatic carbocycles. The number of rotatable bonds is 6. The van der Waals surface area contributed by atoms with Gasteiger partial charge in [-0.3, -0.25) is 9.59 Å². The van der Waals surface area contributed by atoms with Crippen molar-refractivity contribution in [2.45, 2.75) is 38.4 Å². The Bertz CT molecular complexity index is 547. The normalized spacial score (nSPS) is 20.8. The first-order valence-corrected chi connectivity index (χ1v) is 7.53. The van der Waals surface area contributed by atoms with Crippen LogP contribution < -0.4 is 16.4 Å². The van der Waals surface area contributed by atoms with Gasteiger partial charge < -0.3 is 21.1 Å². The van der Waals surface area contributed by atoms with Crippen molar-refractivity contribution in [3.05, 3.63) is 29.8 Å². The Morgan fingerprint density at radius 1 is 1.36 bits per heavy atom. The predicted octanol–water partition coefficient (Wildman–Crippen LogP) is 0.710. The van der Waals surface area contributed by atoms with Crippen molar-refractivity contribution in [2.75, 3.05) is 18.0 Å². The lowest BCUT2D eigenvalue weighted by Gasteiger charge is -2.25. The van der Waals surface area contributed by atoms with E-state index in [0.717, 1.165) is 17.7 Å². The van der Waals surface area contributed by atoms with Crippen LogP contribution in [0.15, 0.2) is 24.3 Å². The molecular weight excluding hydrogens is 282 g/mol. The molecule has 4 N–H and O–H groups in total. The van der Waals surface area contributed by atoms with Gasteiger partial charge in [0.15, 0.2) is 0 Å². The number of benzene rings is 1. The van der Waals surface area contributed by atoms with Crippen molar-refractivity contribution in [1.82, 2.24) is 0 Å². The first kappa shape index (κ1) is 16.5. The molecule has 1 fully saturated rings. The van der Waals surface area contributed by atoms with Crippen LogP contribution >= 0.6 is 0 Å². The number of nitrogens with zero attached hydrogens (tertiary/aromatic N) is 1. The molecule has 6 heteroatoms. The van der Waals surface area contributed by atoms with Crippen LogP contribution in [0.3, 0.4) is 0 Å². The van der Waals surface area contributed by atoms with E-state index in [2.05, 4.69) is 0 Å². The second-order valence-corrected chi connectivity index (χ2v) is 5.60. The quantitative estimate of drug-likeness (QED) is 0.808. The Morgan fingerprint density at radius 2 is 2.14 bits per heavy atom. The Morgan fingerprint density at radius 3 is 2.73 bits per heavy atom. The van der Waals surface area contributed by atoms with Gasteiger partial charge in [0.25, 0.3) is 5.91 Å². The first-order valence-electron chi connectivity index (χ1n) is 7.53. The number of ether oxygens (including phenoxy) is 1. The molecule has 0 radical (unpaired) electrons. The van der Waals surface area contributed by atoms with Crippen LogP contribution in [0.25, 0.3) is 0 Å². The summed E-state index contributed by atoms with van der Waals surface area (Å²) in [5.74, 6) is -0.569. The van der Waals surface area contributed by atoms with Crippen molar-refractivity contribution in [2.24, 2.45) is 11.5 Å². The van der Waals surface area contributed by atoms with E-state index in [9.17, 15) is 9.59 Å². The number of carbonyl (C=O) groups excluding carboxylic acids is 2. The molecule has 22 heavy (non-hydrogen) atoms. The van der Waals surface area contributed by atoms with Crippen molar-refractivity contribution < 1.29 is 14.3 Å². The lowest BCUT2D eigenvalue weighted by Crippen LogP contribution is -2.41. The fraction of sp³-hybridized carbons (Fsp3) is 0.500. The molecule has 2 atom stereocenters. The lowest BCUT2D eigenvalue weighted by atomic mass is 10.1. The highest BCUT2D eigenvalue weighted by atomic mass is 16.5. The fourth-order valence-electron chi connectivity index (χ4n) is 2.62. The number of anilines is 1. The van der Waals surface area contributed by atoms with E-state index >= 15 is 0 Å². The maximum Gasteiger partial charge on any atom is 0.256 e. The molecule has 1 aliphatic rings. The topological polar surface area (TPSA) is 98.7 Å². The molecule has 0 spiro atoms. The van der Waals surface area contributed by atoms with Crippen molar-refractivity contribution in [1.29, 1.82) is 0 Å². The third kappa shape index (κ3) is 4.05. The molecule has 6 nitrogen and oxygen atoms in total. The van der Waals surface area contributed by atoms with Gasteiger partial charge in [-0.1, -0.05) is 12.1 Å². The van der Waals surface area contributed by atoms with Gasteiger partial charge in [-0.05, 0) is 37.5 Å². The maximum atomic E-state index is 12.7. The number of hydrogen-bond acceptors (Lipinski definition) is 4. The Labute approximate surface area is 130 Å². The second-order valence-electron chi connectivity index (χ2n) is 5.60. The van der Waals surface area contributed by atoms with E-state index in [1.165, 1.54) is 0 Å². The minimum atomic E-state index is -0.498. The standard InChI is InChI=1S/C16H23N3O3/c1-11-3-2-4-12(9-11)19(8-7-15(18)20)16(21)14-6-5-13(10-17)22-14/h2-4,9,13-14H,5-8,10,17H2,1H3,(H2,18,20)/t13-,14+/m1/s1. The van der Waals surface area contributed by atoms with Crippen molar-refractivity contribution in [3.8, 4) is 0 Å². The van der Waals surface area contributed by atoms with Crippen LogP contribution in [0, 0.1) is 6.92 Å². The highest BCUT2D eigenvalue weighted by molar-refractivity contribution is 5.97. The smallest absolute Gasteiger partial charge is 0.256 e. The van der Waals surface area contributed by atoms with Gasteiger partial charge in [0.1, 0.15) is 6.10 Å². The minimum Gasteiger partial charge on any atom is -0.370 e. The molecule has 0 saturated carbocycles. The van der Waals surface area contributed by atoms with Gasteiger partial charge in [0, 0.05) is 25.2 Å².